The molecule has 0 aliphatic carbocycles. The molecule has 7 nitrogen and oxygen atoms in total. The molecule has 0 N–H and O–H groups in total. The van der Waals surface area contributed by atoms with Gasteiger partial charge in [-0.25, -0.2) is 4.98 Å². The second-order valence-electron chi connectivity index (χ2n) is 3.50. The Hall–Kier alpha value is -2.20. The molecule has 1 aliphatic heterocycles. The van der Waals surface area contributed by atoms with Gasteiger partial charge in [-0.1, -0.05) is 0 Å². The predicted molar refractivity (Wildman–Crippen MR) is 58.6 cm³/mol. The number of nitrogens with zero attached hydrogens (tertiary/aromatic N) is 4. The van der Waals surface area contributed by atoms with Crippen molar-refractivity contribution in [1.29, 1.82) is 5.26 Å². The summed E-state index contributed by atoms with van der Waals surface area (Å²) in [6.45, 7) is 2.22. The first-order valence-corrected chi connectivity index (χ1v) is 5.10. The van der Waals surface area contributed by atoms with Crippen LogP contribution in [0.2, 0.25) is 0 Å². The minimum Gasteiger partial charge on any atom is -0.378 e. The highest BCUT2D eigenvalue weighted by Gasteiger charge is 2.25. The van der Waals surface area contributed by atoms with Gasteiger partial charge in [0, 0.05) is 19.3 Å². The van der Waals surface area contributed by atoms with Crippen LogP contribution in [0.25, 0.3) is 0 Å². The van der Waals surface area contributed by atoms with E-state index in [0.29, 0.717) is 32.0 Å². The van der Waals surface area contributed by atoms with E-state index in [1.54, 1.807) is 12.1 Å². The van der Waals surface area contributed by atoms with Gasteiger partial charge in [0.2, 0.25) is 5.69 Å². The lowest BCUT2D eigenvalue weighted by molar-refractivity contribution is -0.384. The van der Waals surface area contributed by atoms with Crippen LogP contribution in [0.3, 0.4) is 0 Å². The van der Waals surface area contributed by atoms with E-state index < -0.39 is 4.92 Å². The summed E-state index contributed by atoms with van der Waals surface area (Å²) in [5.41, 5.74) is 0.0562. The van der Waals surface area contributed by atoms with Crippen molar-refractivity contribution >= 4 is 11.4 Å². The van der Waals surface area contributed by atoms with E-state index in [1.807, 2.05) is 4.90 Å². The normalized spacial score (nSPS) is 15.4. The van der Waals surface area contributed by atoms with Crippen LogP contribution in [0.1, 0.15) is 5.69 Å². The number of hydrogen-bond acceptors (Lipinski definition) is 6. The van der Waals surface area contributed by atoms with E-state index in [1.165, 1.54) is 6.20 Å². The van der Waals surface area contributed by atoms with Gasteiger partial charge in [0.05, 0.1) is 18.1 Å². The quantitative estimate of drug-likeness (QED) is 0.552. The second-order valence-corrected chi connectivity index (χ2v) is 3.50. The van der Waals surface area contributed by atoms with Crippen LogP contribution < -0.4 is 4.90 Å². The molecule has 1 aromatic heterocycles. The van der Waals surface area contributed by atoms with Gasteiger partial charge in [-0.15, -0.1) is 0 Å². The van der Waals surface area contributed by atoms with E-state index in [-0.39, 0.29) is 11.4 Å². The van der Waals surface area contributed by atoms with Gasteiger partial charge in [-0.3, -0.25) is 10.1 Å². The molecule has 7 heteroatoms. The van der Waals surface area contributed by atoms with E-state index in [0.717, 1.165) is 0 Å². The summed E-state index contributed by atoms with van der Waals surface area (Å²) in [7, 11) is 0. The molecule has 2 heterocycles. The predicted octanol–water partition coefficient (Wildman–Crippen LogP) is 0.698. The first-order chi connectivity index (χ1) is 8.24. The zero-order valence-corrected chi connectivity index (χ0v) is 9.00. The van der Waals surface area contributed by atoms with Crippen molar-refractivity contribution in [3.05, 3.63) is 28.1 Å². The molecule has 0 unspecified atom stereocenters. The lowest BCUT2D eigenvalue weighted by Gasteiger charge is -2.28. The number of nitriles is 1. The second kappa shape index (κ2) is 4.76. The summed E-state index contributed by atoms with van der Waals surface area (Å²) < 4.78 is 5.19. The lowest BCUT2D eigenvalue weighted by atomic mass is 10.2. The SMILES string of the molecule is N#Cc1nccc(N2CCOCC2)c1[N+](=O)[O-]. The van der Waals surface area contributed by atoms with Crippen molar-refractivity contribution in [1.82, 2.24) is 4.98 Å². The summed E-state index contributed by atoms with van der Waals surface area (Å²) in [4.78, 5) is 16.0. The molecule has 0 aromatic carbocycles. The van der Waals surface area contributed by atoms with Crippen LogP contribution in [-0.4, -0.2) is 36.2 Å². The molecule has 17 heavy (non-hydrogen) atoms. The molecular weight excluding hydrogens is 224 g/mol. The Kier molecular flexibility index (Phi) is 3.16. The molecular formula is C10H10N4O3. The van der Waals surface area contributed by atoms with Crippen molar-refractivity contribution in [2.75, 3.05) is 31.2 Å². The Morgan fingerprint density at radius 2 is 2.24 bits per heavy atom. The smallest absolute Gasteiger partial charge is 0.328 e. The van der Waals surface area contributed by atoms with Crippen LogP contribution >= 0.6 is 0 Å². The Morgan fingerprint density at radius 1 is 1.53 bits per heavy atom. The first-order valence-electron chi connectivity index (χ1n) is 5.10. The van der Waals surface area contributed by atoms with Gasteiger partial charge in [-0.2, -0.15) is 5.26 Å². The van der Waals surface area contributed by atoms with Crippen molar-refractivity contribution in [2.24, 2.45) is 0 Å². The molecule has 0 radical (unpaired) electrons. The molecule has 1 aromatic rings. The van der Waals surface area contributed by atoms with Gasteiger partial charge >= 0.3 is 5.69 Å². The van der Waals surface area contributed by atoms with Crippen LogP contribution in [0.15, 0.2) is 12.3 Å². The van der Waals surface area contributed by atoms with Crippen LogP contribution in [0.4, 0.5) is 11.4 Å². The Balaban J connectivity index is 2.45. The van der Waals surface area contributed by atoms with Gasteiger partial charge in [0.15, 0.2) is 0 Å². The molecule has 0 atom stereocenters. The fourth-order valence-electron chi connectivity index (χ4n) is 1.77. The number of morpholine rings is 1. The zero-order valence-electron chi connectivity index (χ0n) is 9.00. The Labute approximate surface area is 97.4 Å². The third-order valence-electron chi connectivity index (χ3n) is 2.54. The van der Waals surface area contributed by atoms with E-state index in [4.69, 9.17) is 10.00 Å². The van der Waals surface area contributed by atoms with Gasteiger partial charge in [-0.05, 0) is 6.07 Å². The summed E-state index contributed by atoms with van der Waals surface area (Å²) in [5, 5.41) is 19.8. The molecule has 0 amide bonds. The Bertz CT molecular complexity index is 477. The standard InChI is InChI=1S/C10H10N4O3/c11-7-8-10(14(15)16)9(1-2-12-8)13-3-5-17-6-4-13/h1-2H,3-6H2. The largest absolute Gasteiger partial charge is 0.378 e. The van der Waals surface area contributed by atoms with E-state index in [9.17, 15) is 10.1 Å². The lowest BCUT2D eigenvalue weighted by Crippen LogP contribution is -2.36. The van der Waals surface area contributed by atoms with Crippen LogP contribution in [0, 0.1) is 21.4 Å². The Morgan fingerprint density at radius 3 is 2.82 bits per heavy atom. The monoisotopic (exact) mass is 234 g/mol. The van der Waals surface area contributed by atoms with Crippen molar-refractivity contribution in [3.8, 4) is 6.07 Å². The minimum absolute atomic E-state index is 0.154. The van der Waals surface area contributed by atoms with Crippen LogP contribution in [-0.2, 0) is 4.74 Å². The third kappa shape index (κ3) is 2.16. The molecule has 88 valence electrons. The number of anilines is 1. The van der Waals surface area contributed by atoms with Gasteiger partial charge in [0.25, 0.3) is 0 Å². The third-order valence-corrected chi connectivity index (χ3v) is 2.54. The summed E-state index contributed by atoms with van der Waals surface area (Å²) in [6.07, 6.45) is 1.41. The zero-order chi connectivity index (χ0) is 12.3. The van der Waals surface area contributed by atoms with Crippen molar-refractivity contribution in [3.63, 3.8) is 0 Å². The fourth-order valence-corrected chi connectivity index (χ4v) is 1.77. The molecule has 1 aliphatic rings. The number of nitro groups is 1. The molecule has 2 rings (SSSR count). The molecule has 1 fully saturated rings. The van der Waals surface area contributed by atoms with E-state index in [2.05, 4.69) is 4.98 Å². The maximum absolute atomic E-state index is 11.0. The number of hydrogen-bond donors (Lipinski definition) is 0. The number of ether oxygens (including phenoxy) is 1. The highest BCUT2D eigenvalue weighted by molar-refractivity contribution is 5.67. The van der Waals surface area contributed by atoms with Crippen molar-refractivity contribution in [2.45, 2.75) is 0 Å². The average Bonchev–Trinajstić information content (AvgIpc) is 2.38. The summed E-state index contributed by atoms with van der Waals surface area (Å²) in [5.74, 6) is 0. The fraction of sp³-hybridized carbons (Fsp3) is 0.400. The highest BCUT2D eigenvalue weighted by atomic mass is 16.6. The number of pyridine rings is 1. The molecule has 0 saturated carbocycles. The van der Waals surface area contributed by atoms with Gasteiger partial charge in [0.1, 0.15) is 11.8 Å². The molecule has 0 bridgehead atoms. The first kappa shape index (κ1) is 11.3. The number of rotatable bonds is 2. The highest BCUT2D eigenvalue weighted by Crippen LogP contribution is 2.30. The molecule has 1 saturated heterocycles. The van der Waals surface area contributed by atoms with Crippen molar-refractivity contribution < 1.29 is 9.66 Å². The minimum atomic E-state index is -0.559. The number of aromatic nitrogens is 1. The average molecular weight is 234 g/mol. The maximum atomic E-state index is 11.0. The summed E-state index contributed by atoms with van der Waals surface area (Å²) >= 11 is 0. The van der Waals surface area contributed by atoms with Crippen LogP contribution in [0.5, 0.6) is 0 Å². The topological polar surface area (TPSA) is 92.3 Å². The maximum Gasteiger partial charge on any atom is 0.328 e. The van der Waals surface area contributed by atoms with Gasteiger partial charge < -0.3 is 9.64 Å². The molecule has 0 spiro atoms. The summed E-state index contributed by atoms with van der Waals surface area (Å²) in [6, 6.07) is 3.31. The van der Waals surface area contributed by atoms with E-state index >= 15 is 0 Å².